The van der Waals surface area contributed by atoms with Gasteiger partial charge in [-0.15, -0.1) is 0 Å². The molecule has 0 aliphatic carbocycles. The molecule has 2 aliphatic heterocycles. The van der Waals surface area contributed by atoms with Crippen molar-refractivity contribution in [3.05, 3.63) is 60.3 Å². The highest BCUT2D eigenvalue weighted by molar-refractivity contribution is 7.91. The third-order valence-electron chi connectivity index (χ3n) is 6.19. The summed E-state index contributed by atoms with van der Waals surface area (Å²) in [5, 5.41) is 2.85. The van der Waals surface area contributed by atoms with Crippen LogP contribution in [0.15, 0.2) is 54.7 Å². The molecular weight excluding hydrogens is 428 g/mol. The number of nitrogens with one attached hydrogen (secondary N) is 1. The van der Waals surface area contributed by atoms with Gasteiger partial charge in [0.05, 0.1) is 11.5 Å². The van der Waals surface area contributed by atoms with Gasteiger partial charge in [0.25, 0.3) is 0 Å². The zero-order valence-corrected chi connectivity index (χ0v) is 18.7. The Morgan fingerprint density at radius 1 is 0.938 bits per heavy atom. The lowest BCUT2D eigenvalue weighted by atomic mass is 9.94. The number of piperidine rings is 1. The molecule has 1 unspecified atom stereocenters. The lowest BCUT2D eigenvalue weighted by Gasteiger charge is -2.39. The van der Waals surface area contributed by atoms with E-state index in [0.29, 0.717) is 44.8 Å². The van der Waals surface area contributed by atoms with Crippen LogP contribution in [-0.4, -0.2) is 72.7 Å². The van der Waals surface area contributed by atoms with Gasteiger partial charge in [-0.25, -0.2) is 13.4 Å². The molecule has 0 bridgehead atoms. The van der Waals surface area contributed by atoms with Crippen molar-refractivity contribution in [2.24, 2.45) is 5.92 Å². The summed E-state index contributed by atoms with van der Waals surface area (Å²) in [5.41, 5.74) is 0.867. The van der Waals surface area contributed by atoms with Gasteiger partial charge in [-0.2, -0.15) is 0 Å². The molecule has 170 valence electrons. The second-order valence-corrected chi connectivity index (χ2v) is 10.6. The Hall–Kier alpha value is -2.78. The van der Waals surface area contributed by atoms with Crippen molar-refractivity contribution in [2.75, 3.05) is 43.0 Å². The van der Waals surface area contributed by atoms with E-state index in [4.69, 9.17) is 0 Å². The Balaban J connectivity index is 1.41. The van der Waals surface area contributed by atoms with Crippen molar-refractivity contribution < 1.29 is 18.0 Å². The molecule has 3 heterocycles. The number of rotatable bonds is 5. The fraction of sp³-hybridized carbons (Fsp3) is 0.435. The van der Waals surface area contributed by atoms with E-state index in [-0.39, 0.29) is 29.2 Å². The minimum absolute atomic E-state index is 0.0286. The monoisotopic (exact) mass is 456 g/mol. The lowest BCUT2D eigenvalue weighted by molar-refractivity contribution is -0.140. The summed E-state index contributed by atoms with van der Waals surface area (Å²) in [6.07, 6.45) is 2.80. The standard InChI is InChI=1S/C23H28N4O4S/c28-22(25-20-8-4-5-11-24-20)19-9-12-27(13-10-19)23(29)21(18-6-2-1-3-7-18)26-14-16-32(30,31)17-15-26/h1-8,11,19,21H,9-10,12-17H2,(H,24,25,28). The van der Waals surface area contributed by atoms with Gasteiger partial charge >= 0.3 is 0 Å². The first kappa shape index (κ1) is 22.4. The number of amides is 2. The van der Waals surface area contributed by atoms with Crippen LogP contribution in [0.4, 0.5) is 5.82 Å². The van der Waals surface area contributed by atoms with Gasteiger partial charge in [0.2, 0.25) is 11.8 Å². The molecule has 2 amide bonds. The highest BCUT2D eigenvalue weighted by atomic mass is 32.2. The van der Waals surface area contributed by atoms with Crippen molar-refractivity contribution in [3.63, 3.8) is 0 Å². The van der Waals surface area contributed by atoms with Crippen molar-refractivity contribution >= 4 is 27.5 Å². The molecule has 0 spiro atoms. The van der Waals surface area contributed by atoms with Crippen molar-refractivity contribution in [1.82, 2.24) is 14.8 Å². The molecule has 2 aromatic rings. The maximum atomic E-state index is 13.6. The Labute approximate surface area is 188 Å². The van der Waals surface area contributed by atoms with E-state index in [9.17, 15) is 18.0 Å². The highest BCUT2D eigenvalue weighted by Gasteiger charge is 2.36. The van der Waals surface area contributed by atoms with Gasteiger partial charge in [0.1, 0.15) is 11.9 Å². The van der Waals surface area contributed by atoms with E-state index in [0.717, 1.165) is 5.56 Å². The summed E-state index contributed by atoms with van der Waals surface area (Å²) < 4.78 is 23.8. The van der Waals surface area contributed by atoms with Crippen LogP contribution >= 0.6 is 0 Å². The van der Waals surface area contributed by atoms with Gasteiger partial charge < -0.3 is 10.2 Å². The fourth-order valence-electron chi connectivity index (χ4n) is 4.33. The zero-order valence-electron chi connectivity index (χ0n) is 17.9. The fourth-order valence-corrected chi connectivity index (χ4v) is 5.56. The largest absolute Gasteiger partial charge is 0.341 e. The van der Waals surface area contributed by atoms with E-state index in [1.165, 1.54) is 0 Å². The Kier molecular flexibility index (Phi) is 6.86. The number of nitrogens with zero attached hydrogens (tertiary/aromatic N) is 3. The maximum Gasteiger partial charge on any atom is 0.244 e. The lowest BCUT2D eigenvalue weighted by Crippen LogP contribution is -2.50. The van der Waals surface area contributed by atoms with Crippen LogP contribution in [0.5, 0.6) is 0 Å². The van der Waals surface area contributed by atoms with Crippen LogP contribution < -0.4 is 5.32 Å². The average molecular weight is 457 g/mol. The van der Waals surface area contributed by atoms with E-state index >= 15 is 0 Å². The summed E-state index contributed by atoms with van der Waals surface area (Å²) >= 11 is 0. The van der Waals surface area contributed by atoms with E-state index < -0.39 is 15.9 Å². The molecule has 0 saturated carbocycles. The molecule has 1 aromatic heterocycles. The van der Waals surface area contributed by atoms with E-state index in [1.54, 1.807) is 18.3 Å². The first-order chi connectivity index (χ1) is 15.4. The summed E-state index contributed by atoms with van der Waals surface area (Å²) in [6, 6.07) is 14.4. The average Bonchev–Trinajstić information content (AvgIpc) is 2.81. The quantitative estimate of drug-likeness (QED) is 0.736. The van der Waals surface area contributed by atoms with Crippen LogP contribution in [-0.2, 0) is 19.4 Å². The second-order valence-electron chi connectivity index (χ2n) is 8.30. The topological polar surface area (TPSA) is 99.7 Å². The number of likely N-dealkylation sites (tertiary alicyclic amines) is 1. The summed E-state index contributed by atoms with van der Waals surface area (Å²) in [5.74, 6) is 0.394. The number of pyridine rings is 1. The van der Waals surface area contributed by atoms with Crippen LogP contribution in [0.2, 0.25) is 0 Å². The molecule has 9 heteroatoms. The normalized spacial score (nSPS) is 20.4. The molecule has 32 heavy (non-hydrogen) atoms. The Bertz CT molecular complexity index is 1020. The number of carbonyl (C=O) groups excluding carboxylic acids is 2. The van der Waals surface area contributed by atoms with Crippen molar-refractivity contribution in [3.8, 4) is 0 Å². The molecule has 1 atom stereocenters. The molecular formula is C23H28N4O4S. The predicted octanol–water partition coefficient (Wildman–Crippen LogP) is 1.73. The summed E-state index contributed by atoms with van der Waals surface area (Å²) in [6.45, 7) is 1.68. The minimum atomic E-state index is -3.04. The Morgan fingerprint density at radius 3 is 2.22 bits per heavy atom. The van der Waals surface area contributed by atoms with Crippen LogP contribution in [0.25, 0.3) is 0 Å². The van der Waals surface area contributed by atoms with Crippen LogP contribution in [0, 0.1) is 5.92 Å². The Morgan fingerprint density at radius 2 is 1.59 bits per heavy atom. The van der Waals surface area contributed by atoms with Gasteiger partial charge in [-0.05, 0) is 30.5 Å². The maximum absolute atomic E-state index is 13.6. The number of hydrogen-bond acceptors (Lipinski definition) is 6. The summed E-state index contributed by atoms with van der Waals surface area (Å²) in [7, 11) is -3.04. The molecule has 8 nitrogen and oxygen atoms in total. The van der Waals surface area contributed by atoms with E-state index in [1.807, 2.05) is 46.2 Å². The minimum Gasteiger partial charge on any atom is -0.341 e. The third-order valence-corrected chi connectivity index (χ3v) is 7.80. The van der Waals surface area contributed by atoms with Gasteiger partial charge in [0, 0.05) is 38.3 Å². The molecule has 4 rings (SSSR count). The smallest absolute Gasteiger partial charge is 0.244 e. The number of benzene rings is 1. The number of sulfone groups is 1. The van der Waals surface area contributed by atoms with Crippen LogP contribution in [0.1, 0.15) is 24.4 Å². The second kappa shape index (κ2) is 9.79. The molecule has 0 radical (unpaired) electrons. The van der Waals surface area contributed by atoms with Gasteiger partial charge in [-0.1, -0.05) is 36.4 Å². The van der Waals surface area contributed by atoms with Crippen molar-refractivity contribution in [1.29, 1.82) is 0 Å². The molecule has 1 aromatic carbocycles. The first-order valence-electron chi connectivity index (χ1n) is 10.9. The van der Waals surface area contributed by atoms with Crippen molar-refractivity contribution in [2.45, 2.75) is 18.9 Å². The number of anilines is 1. The summed E-state index contributed by atoms with van der Waals surface area (Å²) in [4.78, 5) is 34.1. The van der Waals surface area contributed by atoms with Gasteiger partial charge in [0.15, 0.2) is 9.84 Å². The molecule has 2 aliphatic rings. The van der Waals surface area contributed by atoms with E-state index in [2.05, 4.69) is 10.3 Å². The number of hydrogen-bond donors (Lipinski definition) is 1. The zero-order chi connectivity index (χ0) is 22.6. The molecule has 2 fully saturated rings. The third kappa shape index (κ3) is 5.34. The number of carbonyl (C=O) groups is 2. The number of aromatic nitrogens is 1. The molecule has 2 saturated heterocycles. The van der Waals surface area contributed by atoms with Crippen LogP contribution in [0.3, 0.4) is 0 Å². The molecule has 1 N–H and O–H groups in total. The predicted molar refractivity (Wildman–Crippen MR) is 122 cm³/mol. The highest BCUT2D eigenvalue weighted by Crippen LogP contribution is 2.28. The van der Waals surface area contributed by atoms with Gasteiger partial charge in [-0.3, -0.25) is 14.5 Å². The SMILES string of the molecule is O=C(Nc1ccccn1)C1CCN(C(=O)C(c2ccccc2)N2CCS(=O)(=O)CC2)CC1. The first-order valence-corrected chi connectivity index (χ1v) is 12.8.